The van der Waals surface area contributed by atoms with Crippen LogP contribution in [0.3, 0.4) is 0 Å². The lowest BCUT2D eigenvalue weighted by molar-refractivity contribution is -0.127. The van der Waals surface area contributed by atoms with Crippen molar-refractivity contribution in [1.29, 1.82) is 5.26 Å². The molecule has 1 aliphatic rings. The molecule has 0 radical (unpaired) electrons. The Kier molecular flexibility index (Phi) is 8.35. The van der Waals surface area contributed by atoms with Gasteiger partial charge >= 0.3 is 0 Å². The zero-order chi connectivity index (χ0) is 31.5. The van der Waals surface area contributed by atoms with Crippen LogP contribution in [-0.2, 0) is 11.3 Å². The second-order valence-electron chi connectivity index (χ2n) is 10.6. The molecule has 0 unspecified atom stereocenters. The molecule has 4 heterocycles. The maximum Gasteiger partial charge on any atom is 0.268 e. The number of rotatable bonds is 9. The molecule has 6 rings (SSSR count). The number of imidazole rings is 1. The van der Waals surface area contributed by atoms with E-state index in [-0.39, 0.29) is 17.7 Å². The van der Waals surface area contributed by atoms with Gasteiger partial charge in [-0.15, -0.1) is 11.3 Å². The molecule has 0 atom stereocenters. The van der Waals surface area contributed by atoms with Crippen LogP contribution in [0.1, 0.15) is 44.9 Å². The van der Waals surface area contributed by atoms with E-state index in [9.17, 15) is 24.0 Å². The second kappa shape index (κ2) is 12.7. The fourth-order valence-electron chi connectivity index (χ4n) is 5.38. The van der Waals surface area contributed by atoms with Crippen LogP contribution in [0.25, 0.3) is 21.5 Å². The van der Waals surface area contributed by atoms with Crippen molar-refractivity contribution in [1.82, 2.24) is 19.4 Å². The molecule has 1 saturated heterocycles. The van der Waals surface area contributed by atoms with Crippen molar-refractivity contribution in [3.05, 3.63) is 94.9 Å². The number of likely N-dealkylation sites (tertiary alicyclic amines) is 1. The summed E-state index contributed by atoms with van der Waals surface area (Å²) < 4.78 is 15.6. The molecule has 0 aliphatic carbocycles. The smallest absolute Gasteiger partial charge is 0.268 e. The quantitative estimate of drug-likeness (QED) is 0.210. The first-order chi connectivity index (χ1) is 21.8. The zero-order valence-corrected chi connectivity index (χ0v) is 25.2. The maximum atomic E-state index is 13.7. The number of halogens is 1. The number of anilines is 2. The van der Waals surface area contributed by atoms with Gasteiger partial charge in [-0.2, -0.15) is 9.65 Å². The molecule has 1 N–H and O–H groups in total. The SMILES string of the molecule is CN(C(=O)c1cccc(C#N)c1)c1ccc2c(c1)nc(NC(=O)c1ccc(-c3ccnc(F)c3)s1)n2CCCN1CCCC1=O. The number of benzene rings is 2. The number of fused-ring (bicyclic) bond motifs is 1. The number of hydrogen-bond acceptors (Lipinski definition) is 7. The van der Waals surface area contributed by atoms with E-state index in [4.69, 9.17) is 4.98 Å². The molecule has 1 fully saturated rings. The Morgan fingerprint density at radius 1 is 1.11 bits per heavy atom. The van der Waals surface area contributed by atoms with Crippen LogP contribution in [0.15, 0.2) is 72.9 Å². The molecule has 2 aromatic carbocycles. The number of pyridine rings is 1. The summed E-state index contributed by atoms with van der Waals surface area (Å²) in [6.45, 7) is 1.84. The van der Waals surface area contributed by atoms with Gasteiger partial charge in [0.25, 0.3) is 11.8 Å². The highest BCUT2D eigenvalue weighted by Crippen LogP contribution is 2.30. The van der Waals surface area contributed by atoms with Crippen LogP contribution in [0.4, 0.5) is 16.0 Å². The Bertz CT molecular complexity index is 1980. The highest BCUT2D eigenvalue weighted by molar-refractivity contribution is 7.17. The number of thiophene rings is 1. The van der Waals surface area contributed by atoms with Crippen molar-refractivity contribution in [2.75, 3.05) is 30.4 Å². The molecule has 1 aliphatic heterocycles. The highest BCUT2D eigenvalue weighted by atomic mass is 32.1. The normalized spacial score (nSPS) is 12.8. The van der Waals surface area contributed by atoms with Gasteiger partial charge in [0, 0.05) is 61.5 Å². The number of nitriles is 1. The Labute approximate surface area is 262 Å². The topological polar surface area (TPSA) is 124 Å². The summed E-state index contributed by atoms with van der Waals surface area (Å²) in [7, 11) is 1.65. The van der Waals surface area contributed by atoms with Crippen molar-refractivity contribution in [2.45, 2.75) is 25.8 Å². The minimum Gasteiger partial charge on any atom is -0.343 e. The number of nitrogens with one attached hydrogen (secondary N) is 1. The molecule has 226 valence electrons. The average molecular weight is 622 g/mol. The number of aryl methyl sites for hydroxylation is 1. The van der Waals surface area contributed by atoms with Gasteiger partial charge < -0.3 is 14.4 Å². The Morgan fingerprint density at radius 3 is 2.76 bits per heavy atom. The minimum atomic E-state index is -0.598. The van der Waals surface area contributed by atoms with E-state index in [1.165, 1.54) is 28.5 Å². The summed E-state index contributed by atoms with van der Waals surface area (Å²) in [4.78, 5) is 51.6. The highest BCUT2D eigenvalue weighted by Gasteiger charge is 2.22. The van der Waals surface area contributed by atoms with Crippen molar-refractivity contribution >= 4 is 51.7 Å². The lowest BCUT2D eigenvalue weighted by Gasteiger charge is -2.18. The molecule has 0 bridgehead atoms. The van der Waals surface area contributed by atoms with E-state index in [1.54, 1.807) is 55.6 Å². The predicted octanol–water partition coefficient (Wildman–Crippen LogP) is 5.71. The number of carbonyl (C=O) groups is 3. The Morgan fingerprint density at radius 2 is 1.98 bits per heavy atom. The predicted molar refractivity (Wildman–Crippen MR) is 170 cm³/mol. The van der Waals surface area contributed by atoms with Gasteiger partial charge in [0.05, 0.1) is 27.5 Å². The summed E-state index contributed by atoms with van der Waals surface area (Å²) in [6.07, 6.45) is 3.47. The van der Waals surface area contributed by atoms with Gasteiger partial charge in [0.2, 0.25) is 17.8 Å². The summed E-state index contributed by atoms with van der Waals surface area (Å²) in [5.41, 5.74) is 3.33. The van der Waals surface area contributed by atoms with Gasteiger partial charge in [0.1, 0.15) is 0 Å². The first-order valence-corrected chi connectivity index (χ1v) is 15.2. The van der Waals surface area contributed by atoms with Crippen molar-refractivity contribution < 1.29 is 18.8 Å². The summed E-state index contributed by atoms with van der Waals surface area (Å²) in [6, 6.07) is 20.4. The van der Waals surface area contributed by atoms with E-state index < -0.39 is 5.95 Å². The largest absolute Gasteiger partial charge is 0.343 e. The Hall–Kier alpha value is -5.41. The van der Waals surface area contributed by atoms with Gasteiger partial charge in [-0.3, -0.25) is 19.7 Å². The lowest BCUT2D eigenvalue weighted by atomic mass is 10.1. The number of nitrogens with zero attached hydrogens (tertiary/aromatic N) is 6. The molecule has 0 saturated carbocycles. The average Bonchev–Trinajstić information content (AvgIpc) is 3.79. The summed E-state index contributed by atoms with van der Waals surface area (Å²) >= 11 is 1.23. The molecular formula is C33H28FN7O3S. The number of aromatic nitrogens is 3. The lowest BCUT2D eigenvalue weighted by Crippen LogP contribution is -2.26. The molecule has 12 heteroatoms. The molecule has 0 spiro atoms. The number of amides is 3. The van der Waals surface area contributed by atoms with Crippen molar-refractivity contribution in [3.8, 4) is 16.5 Å². The zero-order valence-electron chi connectivity index (χ0n) is 24.4. The third-order valence-corrected chi connectivity index (χ3v) is 8.84. The minimum absolute atomic E-state index is 0.152. The third kappa shape index (κ3) is 6.30. The Balaban J connectivity index is 1.28. The number of carbonyl (C=O) groups excluding carboxylic acids is 3. The van der Waals surface area contributed by atoms with Gasteiger partial charge in [0.15, 0.2) is 0 Å². The third-order valence-electron chi connectivity index (χ3n) is 7.71. The van der Waals surface area contributed by atoms with Crippen LogP contribution in [0.2, 0.25) is 0 Å². The maximum absolute atomic E-state index is 13.7. The molecule has 3 amide bonds. The van der Waals surface area contributed by atoms with Gasteiger partial charge in [-0.05, 0) is 73.0 Å². The molecule has 45 heavy (non-hydrogen) atoms. The fraction of sp³-hybridized carbons (Fsp3) is 0.212. The van der Waals surface area contributed by atoms with Crippen molar-refractivity contribution in [3.63, 3.8) is 0 Å². The van der Waals surface area contributed by atoms with E-state index in [0.717, 1.165) is 23.4 Å². The van der Waals surface area contributed by atoms with E-state index >= 15 is 0 Å². The molecule has 10 nitrogen and oxygen atoms in total. The standard InChI is InChI=1S/C33H28FN7O3S/c1-39(32(44)23-6-2-5-21(17-23)20-35)24-8-9-26-25(19-24)37-33(41(26)16-4-15-40-14-3-7-30(40)42)38-31(43)28-11-10-27(45-28)22-12-13-36-29(34)18-22/h2,5-6,8-13,17-19H,3-4,7,14-16H2,1H3,(H,37,38,43). The van der Waals surface area contributed by atoms with Crippen LogP contribution >= 0.6 is 11.3 Å². The van der Waals surface area contributed by atoms with Crippen molar-refractivity contribution in [2.24, 2.45) is 0 Å². The van der Waals surface area contributed by atoms with Crippen LogP contribution in [-0.4, -0.2) is 57.3 Å². The van der Waals surface area contributed by atoms with Crippen LogP contribution in [0, 0.1) is 17.3 Å². The van der Waals surface area contributed by atoms with E-state index in [2.05, 4.69) is 16.4 Å². The van der Waals surface area contributed by atoms with Gasteiger partial charge in [-0.25, -0.2) is 9.97 Å². The molecule has 3 aromatic heterocycles. The number of hydrogen-bond donors (Lipinski definition) is 1. The monoisotopic (exact) mass is 621 g/mol. The summed E-state index contributed by atoms with van der Waals surface area (Å²) in [5.74, 6) is -0.757. The van der Waals surface area contributed by atoms with E-state index in [0.29, 0.717) is 64.7 Å². The first kappa shape index (κ1) is 29.7. The second-order valence-corrected chi connectivity index (χ2v) is 11.7. The fourth-order valence-corrected chi connectivity index (χ4v) is 6.27. The first-order valence-electron chi connectivity index (χ1n) is 14.4. The summed E-state index contributed by atoms with van der Waals surface area (Å²) in [5, 5.41) is 12.2. The molecule has 5 aromatic rings. The van der Waals surface area contributed by atoms with Crippen LogP contribution in [0.5, 0.6) is 0 Å². The van der Waals surface area contributed by atoms with Gasteiger partial charge in [-0.1, -0.05) is 6.07 Å². The van der Waals surface area contributed by atoms with E-state index in [1.807, 2.05) is 21.6 Å². The molecular weight excluding hydrogens is 593 g/mol. The van der Waals surface area contributed by atoms with Crippen LogP contribution < -0.4 is 10.2 Å².